The van der Waals surface area contributed by atoms with Crippen LogP contribution in [-0.4, -0.2) is 63.0 Å². The van der Waals surface area contributed by atoms with Crippen molar-refractivity contribution in [2.24, 2.45) is 10.9 Å². The summed E-state index contributed by atoms with van der Waals surface area (Å²) in [5.74, 6) is 2.51. The van der Waals surface area contributed by atoms with Gasteiger partial charge in [-0.2, -0.15) is 0 Å². The number of nitrogens with one attached hydrogen (secondary N) is 1. The first-order valence-electron chi connectivity index (χ1n) is 11.1. The number of rotatable bonds is 4. The molecule has 2 aliphatic heterocycles. The summed E-state index contributed by atoms with van der Waals surface area (Å²) in [6.07, 6.45) is 7.90. The summed E-state index contributed by atoms with van der Waals surface area (Å²) in [5.41, 5.74) is 1.51. The van der Waals surface area contributed by atoms with E-state index >= 15 is 0 Å². The standard InChI is InChI=1S/C23H35N3O2/c1-24-23(26-13-15-28-22(17-26)21-8-5-14-27-21)25-16-18-9-11-20(12-10-18)19-6-3-2-4-7-19/h2-4,6-7,18,20-22H,5,8-17H2,1H3,(H,24,25). The van der Waals surface area contributed by atoms with Gasteiger partial charge in [-0.15, -0.1) is 0 Å². The molecule has 2 atom stereocenters. The monoisotopic (exact) mass is 385 g/mol. The topological polar surface area (TPSA) is 46.1 Å². The number of benzene rings is 1. The van der Waals surface area contributed by atoms with Crippen LogP contribution in [0.3, 0.4) is 0 Å². The first kappa shape index (κ1) is 19.7. The lowest BCUT2D eigenvalue weighted by Gasteiger charge is -2.37. The number of morpholine rings is 1. The first-order chi connectivity index (χ1) is 13.8. The van der Waals surface area contributed by atoms with Crippen molar-refractivity contribution in [3.05, 3.63) is 35.9 Å². The smallest absolute Gasteiger partial charge is 0.193 e. The van der Waals surface area contributed by atoms with Crippen LogP contribution in [0.1, 0.15) is 50.0 Å². The quantitative estimate of drug-likeness (QED) is 0.637. The zero-order chi connectivity index (χ0) is 19.2. The fraction of sp³-hybridized carbons (Fsp3) is 0.696. The van der Waals surface area contributed by atoms with Crippen LogP contribution in [0, 0.1) is 5.92 Å². The van der Waals surface area contributed by atoms with Crippen molar-refractivity contribution in [1.82, 2.24) is 10.2 Å². The molecular formula is C23H35N3O2. The van der Waals surface area contributed by atoms with Gasteiger partial charge in [-0.25, -0.2) is 0 Å². The summed E-state index contributed by atoms with van der Waals surface area (Å²) in [5, 5.41) is 3.65. The Kier molecular flexibility index (Phi) is 6.86. The molecule has 2 saturated heterocycles. The number of nitrogens with zero attached hydrogens (tertiary/aromatic N) is 2. The molecule has 5 heteroatoms. The van der Waals surface area contributed by atoms with Crippen molar-refractivity contribution in [1.29, 1.82) is 0 Å². The van der Waals surface area contributed by atoms with Crippen LogP contribution in [0.25, 0.3) is 0 Å². The van der Waals surface area contributed by atoms with Crippen molar-refractivity contribution in [2.45, 2.75) is 56.7 Å². The van der Waals surface area contributed by atoms with Gasteiger partial charge in [0.05, 0.1) is 12.7 Å². The maximum absolute atomic E-state index is 5.99. The molecule has 1 N–H and O–H groups in total. The van der Waals surface area contributed by atoms with Crippen LogP contribution in [0.5, 0.6) is 0 Å². The number of aliphatic imine (C=N–C) groups is 1. The Hall–Kier alpha value is -1.59. The third kappa shape index (κ3) is 4.87. The molecule has 1 saturated carbocycles. The van der Waals surface area contributed by atoms with Gasteiger partial charge >= 0.3 is 0 Å². The summed E-state index contributed by atoms with van der Waals surface area (Å²) in [7, 11) is 1.89. The molecule has 0 bridgehead atoms. The van der Waals surface area contributed by atoms with E-state index in [1.165, 1.54) is 31.2 Å². The Labute approximate surface area is 169 Å². The van der Waals surface area contributed by atoms with Gasteiger partial charge in [-0.3, -0.25) is 4.99 Å². The van der Waals surface area contributed by atoms with Gasteiger partial charge in [0.15, 0.2) is 5.96 Å². The maximum atomic E-state index is 5.99. The van der Waals surface area contributed by atoms with Crippen LogP contribution in [-0.2, 0) is 9.47 Å². The molecule has 0 radical (unpaired) electrons. The fourth-order valence-electron chi connectivity index (χ4n) is 4.98. The highest BCUT2D eigenvalue weighted by Crippen LogP contribution is 2.35. The lowest BCUT2D eigenvalue weighted by molar-refractivity contribution is -0.0817. The molecule has 2 heterocycles. The first-order valence-corrected chi connectivity index (χ1v) is 11.1. The van der Waals surface area contributed by atoms with Crippen molar-refractivity contribution >= 4 is 5.96 Å². The van der Waals surface area contributed by atoms with E-state index in [-0.39, 0.29) is 12.2 Å². The number of hydrogen-bond donors (Lipinski definition) is 1. The zero-order valence-electron chi connectivity index (χ0n) is 17.2. The zero-order valence-corrected chi connectivity index (χ0v) is 17.2. The molecule has 154 valence electrons. The largest absolute Gasteiger partial charge is 0.375 e. The SMILES string of the molecule is CN=C(NCC1CCC(c2ccccc2)CC1)N1CCOC(C2CCCO2)C1. The van der Waals surface area contributed by atoms with E-state index in [0.29, 0.717) is 0 Å². The van der Waals surface area contributed by atoms with E-state index in [1.54, 1.807) is 0 Å². The summed E-state index contributed by atoms with van der Waals surface area (Å²) >= 11 is 0. The van der Waals surface area contributed by atoms with Gasteiger partial charge in [0.1, 0.15) is 6.10 Å². The molecule has 1 aromatic rings. The second kappa shape index (κ2) is 9.75. The molecule has 3 fully saturated rings. The predicted octanol–water partition coefficient (Wildman–Crippen LogP) is 3.42. The van der Waals surface area contributed by atoms with E-state index in [0.717, 1.165) is 63.5 Å². The molecule has 0 aromatic heterocycles. The van der Waals surface area contributed by atoms with Crippen molar-refractivity contribution in [3.8, 4) is 0 Å². The van der Waals surface area contributed by atoms with Crippen LogP contribution in [0.2, 0.25) is 0 Å². The fourth-order valence-corrected chi connectivity index (χ4v) is 4.98. The van der Waals surface area contributed by atoms with Crippen molar-refractivity contribution < 1.29 is 9.47 Å². The molecule has 0 amide bonds. The summed E-state index contributed by atoms with van der Waals surface area (Å²) in [4.78, 5) is 6.91. The highest BCUT2D eigenvalue weighted by molar-refractivity contribution is 5.80. The molecule has 3 aliphatic rings. The van der Waals surface area contributed by atoms with Gasteiger partial charge in [0.25, 0.3) is 0 Å². The predicted molar refractivity (Wildman–Crippen MR) is 113 cm³/mol. The minimum atomic E-state index is 0.177. The molecule has 28 heavy (non-hydrogen) atoms. The van der Waals surface area contributed by atoms with Gasteiger partial charge in [0.2, 0.25) is 0 Å². The van der Waals surface area contributed by atoms with Gasteiger partial charge in [0, 0.05) is 33.3 Å². The van der Waals surface area contributed by atoms with Crippen LogP contribution < -0.4 is 5.32 Å². The highest BCUT2D eigenvalue weighted by Gasteiger charge is 2.32. The highest BCUT2D eigenvalue weighted by atomic mass is 16.5. The Bertz CT molecular complexity index is 622. The lowest BCUT2D eigenvalue weighted by atomic mass is 9.79. The molecule has 5 nitrogen and oxygen atoms in total. The van der Waals surface area contributed by atoms with Gasteiger partial charge in [-0.1, -0.05) is 30.3 Å². The average molecular weight is 386 g/mol. The van der Waals surface area contributed by atoms with Gasteiger partial charge in [-0.05, 0) is 55.9 Å². The Morgan fingerprint density at radius 3 is 2.54 bits per heavy atom. The minimum absolute atomic E-state index is 0.177. The van der Waals surface area contributed by atoms with Crippen molar-refractivity contribution in [2.75, 3.05) is 39.9 Å². The number of guanidine groups is 1. The third-order valence-electron chi connectivity index (χ3n) is 6.65. The third-order valence-corrected chi connectivity index (χ3v) is 6.65. The number of hydrogen-bond acceptors (Lipinski definition) is 3. The van der Waals surface area contributed by atoms with Crippen LogP contribution in [0.4, 0.5) is 0 Å². The normalized spacial score (nSPS) is 31.8. The Balaban J connectivity index is 1.23. The van der Waals surface area contributed by atoms with Crippen LogP contribution in [0.15, 0.2) is 35.3 Å². The second-order valence-corrected chi connectivity index (χ2v) is 8.46. The summed E-state index contributed by atoms with van der Waals surface area (Å²) in [6.45, 7) is 4.45. The summed E-state index contributed by atoms with van der Waals surface area (Å²) in [6, 6.07) is 11.0. The average Bonchev–Trinajstić information content (AvgIpc) is 3.31. The van der Waals surface area contributed by atoms with E-state index < -0.39 is 0 Å². The van der Waals surface area contributed by atoms with Crippen molar-refractivity contribution in [3.63, 3.8) is 0 Å². The van der Waals surface area contributed by atoms with E-state index in [1.807, 2.05) is 7.05 Å². The molecular weight excluding hydrogens is 350 g/mol. The molecule has 1 aromatic carbocycles. The molecule has 4 rings (SSSR count). The lowest BCUT2D eigenvalue weighted by Crippen LogP contribution is -2.53. The minimum Gasteiger partial charge on any atom is -0.375 e. The molecule has 2 unspecified atom stereocenters. The second-order valence-electron chi connectivity index (χ2n) is 8.46. The van der Waals surface area contributed by atoms with E-state index in [4.69, 9.17) is 9.47 Å². The summed E-state index contributed by atoms with van der Waals surface area (Å²) < 4.78 is 11.8. The molecule has 1 aliphatic carbocycles. The van der Waals surface area contributed by atoms with E-state index in [2.05, 4.69) is 45.5 Å². The Morgan fingerprint density at radius 1 is 1.04 bits per heavy atom. The van der Waals surface area contributed by atoms with E-state index in [9.17, 15) is 0 Å². The maximum Gasteiger partial charge on any atom is 0.193 e. The van der Waals surface area contributed by atoms with Crippen LogP contribution >= 0.6 is 0 Å². The molecule has 0 spiro atoms. The number of ether oxygens (including phenoxy) is 2. The van der Waals surface area contributed by atoms with Gasteiger partial charge < -0.3 is 19.7 Å². The Morgan fingerprint density at radius 2 is 1.82 bits per heavy atom.